The van der Waals surface area contributed by atoms with Crippen molar-refractivity contribution in [3.63, 3.8) is 0 Å². The molecular weight excluding hydrogens is 502 g/mol. The van der Waals surface area contributed by atoms with E-state index in [1.165, 1.54) is 4.68 Å². The second-order valence-electron chi connectivity index (χ2n) is 10.2. The molecule has 0 radical (unpaired) electrons. The van der Waals surface area contributed by atoms with Gasteiger partial charge in [0.1, 0.15) is 11.7 Å². The van der Waals surface area contributed by atoms with Crippen molar-refractivity contribution in [2.75, 3.05) is 5.32 Å². The molecule has 1 aliphatic rings. The first kappa shape index (κ1) is 25.7. The number of aromatic nitrogens is 5. The van der Waals surface area contributed by atoms with E-state index in [1.807, 2.05) is 44.2 Å². The van der Waals surface area contributed by atoms with Crippen molar-refractivity contribution in [3.05, 3.63) is 82.5 Å². The first-order valence-corrected chi connectivity index (χ1v) is 12.9. The third kappa shape index (κ3) is 4.93. The summed E-state index contributed by atoms with van der Waals surface area (Å²) >= 11 is 6.64. The summed E-state index contributed by atoms with van der Waals surface area (Å²) in [4.78, 5) is 31.7. The molecule has 1 unspecified atom stereocenters. The first-order chi connectivity index (χ1) is 18.2. The van der Waals surface area contributed by atoms with Gasteiger partial charge in [-0.2, -0.15) is 10.2 Å². The molecule has 1 aliphatic carbocycles. The number of nitrogens with one attached hydrogen (secondary N) is 3. The minimum Gasteiger partial charge on any atom is -0.338 e. The number of aryl methyl sites for hydroxylation is 3. The van der Waals surface area contributed by atoms with Crippen LogP contribution in [0.2, 0.25) is 5.02 Å². The van der Waals surface area contributed by atoms with E-state index in [1.54, 1.807) is 31.6 Å². The van der Waals surface area contributed by atoms with Crippen molar-refractivity contribution in [3.8, 4) is 11.3 Å². The number of aromatic amines is 1. The van der Waals surface area contributed by atoms with Crippen molar-refractivity contribution in [2.24, 2.45) is 12.5 Å². The van der Waals surface area contributed by atoms with Crippen molar-refractivity contribution in [1.29, 1.82) is 0 Å². The summed E-state index contributed by atoms with van der Waals surface area (Å²) in [5.41, 5.74) is 4.99. The predicted octanol–water partition coefficient (Wildman–Crippen LogP) is 4.80. The topological polar surface area (TPSA) is 118 Å². The maximum atomic E-state index is 13.9. The quantitative estimate of drug-likeness (QED) is 0.302. The molecule has 10 heteroatoms. The largest absolute Gasteiger partial charge is 0.338 e. The van der Waals surface area contributed by atoms with E-state index in [-0.39, 0.29) is 23.1 Å². The zero-order chi connectivity index (χ0) is 27.0. The SMILES string of the molecule is Cc1n[nH]c(C)c1-c1ccc(NC(=O)[C@@H](NC(=O)c2ccnn2C)C(c2ccccc2Cl)C2(C)CC2)cn1. The number of carbonyl (C=O) groups is 2. The smallest absolute Gasteiger partial charge is 0.270 e. The Morgan fingerprint density at radius 1 is 1.13 bits per heavy atom. The summed E-state index contributed by atoms with van der Waals surface area (Å²) < 4.78 is 1.48. The van der Waals surface area contributed by atoms with Crippen LogP contribution in [-0.2, 0) is 11.8 Å². The number of rotatable bonds is 8. The van der Waals surface area contributed by atoms with Gasteiger partial charge in [-0.05, 0) is 61.9 Å². The highest BCUT2D eigenvalue weighted by atomic mass is 35.5. The molecule has 0 spiro atoms. The highest BCUT2D eigenvalue weighted by Gasteiger charge is 2.51. The maximum absolute atomic E-state index is 13.9. The van der Waals surface area contributed by atoms with E-state index in [9.17, 15) is 9.59 Å². The third-order valence-corrected chi connectivity index (χ3v) is 7.75. The monoisotopic (exact) mass is 531 g/mol. The van der Waals surface area contributed by atoms with Crippen LogP contribution < -0.4 is 10.6 Å². The fourth-order valence-corrected chi connectivity index (χ4v) is 5.32. The Kier molecular flexibility index (Phi) is 6.79. The highest BCUT2D eigenvalue weighted by Crippen LogP contribution is 2.58. The second kappa shape index (κ2) is 10.1. The Morgan fingerprint density at radius 2 is 1.89 bits per heavy atom. The highest BCUT2D eigenvalue weighted by molar-refractivity contribution is 6.31. The van der Waals surface area contributed by atoms with Gasteiger partial charge in [-0.15, -0.1) is 0 Å². The number of carbonyl (C=O) groups excluding carboxylic acids is 2. The molecule has 3 heterocycles. The molecule has 196 valence electrons. The minimum atomic E-state index is -0.886. The minimum absolute atomic E-state index is 0.189. The summed E-state index contributed by atoms with van der Waals surface area (Å²) in [6.07, 6.45) is 5.01. The van der Waals surface area contributed by atoms with Crippen LogP contribution in [0.5, 0.6) is 0 Å². The molecule has 0 bridgehead atoms. The van der Waals surface area contributed by atoms with Crippen LogP contribution >= 0.6 is 11.6 Å². The Hall–Kier alpha value is -3.98. The molecule has 0 saturated heterocycles. The summed E-state index contributed by atoms with van der Waals surface area (Å²) in [6.45, 7) is 5.98. The average molecular weight is 532 g/mol. The van der Waals surface area contributed by atoms with E-state index < -0.39 is 6.04 Å². The van der Waals surface area contributed by atoms with Gasteiger partial charge in [0.05, 0.1) is 23.3 Å². The maximum Gasteiger partial charge on any atom is 0.270 e. The van der Waals surface area contributed by atoms with Crippen molar-refractivity contribution in [2.45, 2.75) is 45.6 Å². The number of pyridine rings is 1. The van der Waals surface area contributed by atoms with Gasteiger partial charge in [0.15, 0.2) is 0 Å². The molecule has 38 heavy (non-hydrogen) atoms. The van der Waals surface area contributed by atoms with Gasteiger partial charge >= 0.3 is 0 Å². The lowest BCUT2D eigenvalue weighted by molar-refractivity contribution is -0.119. The third-order valence-electron chi connectivity index (χ3n) is 7.40. The number of amides is 2. The zero-order valence-electron chi connectivity index (χ0n) is 21.7. The lowest BCUT2D eigenvalue weighted by atomic mass is 9.78. The van der Waals surface area contributed by atoms with Gasteiger partial charge in [0, 0.05) is 35.4 Å². The number of nitrogens with zero attached hydrogens (tertiary/aromatic N) is 4. The van der Waals surface area contributed by atoms with Gasteiger partial charge < -0.3 is 10.6 Å². The van der Waals surface area contributed by atoms with Gasteiger partial charge in [0.25, 0.3) is 5.91 Å². The van der Waals surface area contributed by atoms with Crippen LogP contribution in [0.25, 0.3) is 11.3 Å². The van der Waals surface area contributed by atoms with Crippen molar-refractivity contribution >= 4 is 29.1 Å². The van der Waals surface area contributed by atoms with Gasteiger partial charge in [-0.3, -0.25) is 24.4 Å². The Balaban J connectivity index is 1.47. The number of hydrogen-bond acceptors (Lipinski definition) is 5. The van der Waals surface area contributed by atoms with E-state index in [0.717, 1.165) is 41.1 Å². The fraction of sp³-hybridized carbons (Fsp3) is 0.321. The van der Waals surface area contributed by atoms with Crippen LogP contribution in [-0.4, -0.2) is 42.8 Å². The summed E-state index contributed by atoms with van der Waals surface area (Å²) in [7, 11) is 1.69. The molecule has 9 nitrogen and oxygen atoms in total. The number of hydrogen-bond donors (Lipinski definition) is 3. The van der Waals surface area contributed by atoms with Crippen LogP contribution in [0.3, 0.4) is 0 Å². The summed E-state index contributed by atoms with van der Waals surface area (Å²) in [6, 6.07) is 11.9. The van der Waals surface area contributed by atoms with E-state index in [0.29, 0.717) is 16.4 Å². The standard InChI is InChI=1S/C28H30ClN7O2/c1-16-23(17(2)35-34-16)21-10-9-18(15-30-21)32-27(38)25(33-26(37)22-11-14-31-36(22)4)24(28(3)12-13-28)19-7-5-6-8-20(19)29/h5-11,14-15,24-25H,12-13H2,1-4H3,(H,32,38)(H,33,37)(H,34,35)/t24?,25-/m0/s1. The lowest BCUT2D eigenvalue weighted by Crippen LogP contribution is -2.50. The normalized spacial score (nSPS) is 15.5. The van der Waals surface area contributed by atoms with Gasteiger partial charge in [-0.25, -0.2) is 0 Å². The van der Waals surface area contributed by atoms with Gasteiger partial charge in [-0.1, -0.05) is 36.7 Å². The molecule has 0 aliphatic heterocycles. The molecular formula is C28H30ClN7O2. The fourth-order valence-electron chi connectivity index (χ4n) is 5.07. The van der Waals surface area contributed by atoms with Crippen LogP contribution in [0.4, 0.5) is 5.69 Å². The molecule has 1 fully saturated rings. The molecule has 2 atom stereocenters. The Morgan fingerprint density at radius 3 is 2.47 bits per heavy atom. The Labute approximate surface area is 226 Å². The number of halogens is 1. The van der Waals surface area contributed by atoms with Crippen molar-refractivity contribution in [1.82, 2.24) is 30.3 Å². The molecule has 3 aromatic heterocycles. The molecule has 1 aromatic carbocycles. The summed E-state index contributed by atoms with van der Waals surface area (Å²) in [5.74, 6) is -1.06. The molecule has 4 aromatic rings. The molecule has 2 amide bonds. The molecule has 5 rings (SSSR count). The first-order valence-electron chi connectivity index (χ1n) is 12.5. The van der Waals surface area contributed by atoms with Crippen molar-refractivity contribution < 1.29 is 9.59 Å². The lowest BCUT2D eigenvalue weighted by Gasteiger charge is -2.33. The molecule has 3 N–H and O–H groups in total. The van der Waals surface area contributed by atoms with Crippen LogP contribution in [0.15, 0.2) is 54.9 Å². The van der Waals surface area contributed by atoms with Crippen LogP contribution in [0.1, 0.15) is 53.1 Å². The summed E-state index contributed by atoms with van der Waals surface area (Å²) in [5, 5.41) is 17.8. The average Bonchev–Trinajstić information content (AvgIpc) is 3.32. The van der Waals surface area contributed by atoms with Gasteiger partial charge in [0.2, 0.25) is 5.91 Å². The number of H-pyrrole nitrogens is 1. The zero-order valence-corrected chi connectivity index (χ0v) is 22.5. The molecule has 1 saturated carbocycles. The predicted molar refractivity (Wildman–Crippen MR) is 146 cm³/mol. The Bertz CT molecular complexity index is 1470. The number of anilines is 1. The van der Waals surface area contributed by atoms with E-state index in [4.69, 9.17) is 11.6 Å². The second-order valence-corrected chi connectivity index (χ2v) is 10.6. The number of benzene rings is 1. The van der Waals surface area contributed by atoms with E-state index in [2.05, 4.69) is 37.8 Å². The van der Waals surface area contributed by atoms with E-state index >= 15 is 0 Å². The van der Waals surface area contributed by atoms with Crippen LogP contribution in [0, 0.1) is 19.3 Å².